The van der Waals surface area contributed by atoms with Crippen molar-refractivity contribution < 1.29 is 23.7 Å². The molecule has 0 radical (unpaired) electrons. The van der Waals surface area contributed by atoms with Crippen molar-refractivity contribution in [1.29, 1.82) is 0 Å². The van der Waals surface area contributed by atoms with Crippen LogP contribution in [0.25, 0.3) is 11.3 Å². The highest BCUT2D eigenvalue weighted by Gasteiger charge is 2.18. The normalized spacial score (nSPS) is 15.8. The number of hydrogen-bond donors (Lipinski definition) is 1. The SMILES string of the molecule is O=C(Nc1nc(-c2ccc3c(c2)OCCO3)cs1)C1=COCCO1. The summed E-state index contributed by atoms with van der Waals surface area (Å²) in [7, 11) is 0. The Kier molecular flexibility index (Phi) is 3.96. The van der Waals surface area contributed by atoms with Gasteiger partial charge >= 0.3 is 0 Å². The van der Waals surface area contributed by atoms with E-state index in [1.807, 2.05) is 23.6 Å². The van der Waals surface area contributed by atoms with E-state index in [4.69, 9.17) is 18.9 Å². The molecule has 1 amide bonds. The summed E-state index contributed by atoms with van der Waals surface area (Å²) in [5, 5.41) is 5.06. The molecule has 3 heterocycles. The van der Waals surface area contributed by atoms with E-state index >= 15 is 0 Å². The molecule has 2 aliphatic heterocycles. The van der Waals surface area contributed by atoms with E-state index in [1.54, 1.807) is 0 Å². The lowest BCUT2D eigenvalue weighted by Gasteiger charge is -2.18. The Balaban J connectivity index is 1.50. The van der Waals surface area contributed by atoms with Crippen molar-refractivity contribution in [3.63, 3.8) is 0 Å². The predicted molar refractivity (Wildman–Crippen MR) is 87.2 cm³/mol. The van der Waals surface area contributed by atoms with Crippen LogP contribution in [0.1, 0.15) is 0 Å². The molecule has 1 aromatic carbocycles. The van der Waals surface area contributed by atoms with Gasteiger partial charge in [0, 0.05) is 10.9 Å². The second-order valence-electron chi connectivity index (χ2n) is 5.05. The monoisotopic (exact) mass is 346 g/mol. The first-order chi connectivity index (χ1) is 11.8. The zero-order chi connectivity index (χ0) is 16.4. The molecular weight excluding hydrogens is 332 g/mol. The molecule has 24 heavy (non-hydrogen) atoms. The number of nitrogens with one attached hydrogen (secondary N) is 1. The summed E-state index contributed by atoms with van der Waals surface area (Å²) in [4.78, 5) is 16.5. The highest BCUT2D eigenvalue weighted by molar-refractivity contribution is 7.14. The highest BCUT2D eigenvalue weighted by Crippen LogP contribution is 2.35. The number of aromatic nitrogens is 1. The first-order valence-electron chi connectivity index (χ1n) is 7.41. The van der Waals surface area contributed by atoms with Crippen LogP contribution in [0.2, 0.25) is 0 Å². The van der Waals surface area contributed by atoms with Gasteiger partial charge in [0.05, 0.1) is 5.69 Å². The third-order valence-electron chi connectivity index (χ3n) is 3.44. The summed E-state index contributed by atoms with van der Waals surface area (Å²) in [5.41, 5.74) is 1.65. The first kappa shape index (κ1) is 14.8. The Hall–Kier alpha value is -2.74. The van der Waals surface area contributed by atoms with E-state index in [0.29, 0.717) is 37.3 Å². The summed E-state index contributed by atoms with van der Waals surface area (Å²) in [6.45, 7) is 1.90. The number of amides is 1. The second kappa shape index (κ2) is 6.40. The van der Waals surface area contributed by atoms with Gasteiger partial charge in [-0.1, -0.05) is 0 Å². The van der Waals surface area contributed by atoms with Crippen LogP contribution in [-0.4, -0.2) is 37.3 Å². The van der Waals surface area contributed by atoms with Gasteiger partial charge in [0.1, 0.15) is 32.7 Å². The lowest BCUT2D eigenvalue weighted by molar-refractivity contribution is -0.117. The quantitative estimate of drug-likeness (QED) is 0.919. The van der Waals surface area contributed by atoms with Crippen molar-refractivity contribution in [2.45, 2.75) is 0 Å². The molecule has 0 fully saturated rings. The van der Waals surface area contributed by atoms with Gasteiger partial charge in [-0.05, 0) is 18.2 Å². The van der Waals surface area contributed by atoms with E-state index in [1.165, 1.54) is 17.6 Å². The molecule has 0 spiro atoms. The van der Waals surface area contributed by atoms with Crippen molar-refractivity contribution >= 4 is 22.4 Å². The zero-order valence-corrected chi connectivity index (χ0v) is 13.4. The number of fused-ring (bicyclic) bond motifs is 1. The molecule has 0 saturated heterocycles. The van der Waals surface area contributed by atoms with Crippen LogP contribution in [0.15, 0.2) is 35.6 Å². The van der Waals surface area contributed by atoms with Gasteiger partial charge in [0.2, 0.25) is 5.76 Å². The predicted octanol–water partition coefficient (Wildman–Crippen LogP) is 2.41. The van der Waals surface area contributed by atoms with E-state index in [9.17, 15) is 4.79 Å². The summed E-state index contributed by atoms with van der Waals surface area (Å²) >= 11 is 1.34. The second-order valence-corrected chi connectivity index (χ2v) is 5.91. The fourth-order valence-corrected chi connectivity index (χ4v) is 3.03. The molecule has 0 unspecified atom stereocenters. The molecule has 2 aromatic rings. The molecule has 0 bridgehead atoms. The Bertz CT molecular complexity index is 802. The smallest absolute Gasteiger partial charge is 0.295 e. The molecular formula is C16H14N2O5S. The fourth-order valence-electron chi connectivity index (χ4n) is 2.31. The number of rotatable bonds is 3. The molecule has 4 rings (SSSR count). The number of nitrogens with zero attached hydrogens (tertiary/aromatic N) is 1. The molecule has 8 heteroatoms. The average molecular weight is 346 g/mol. The Morgan fingerprint density at radius 2 is 1.92 bits per heavy atom. The Labute approximate surface area is 141 Å². The molecule has 0 saturated carbocycles. The zero-order valence-electron chi connectivity index (χ0n) is 12.6. The number of carbonyl (C=O) groups excluding carboxylic acids is 1. The summed E-state index contributed by atoms with van der Waals surface area (Å²) in [6, 6.07) is 5.66. The van der Waals surface area contributed by atoms with Gasteiger partial charge < -0.3 is 18.9 Å². The molecule has 7 nitrogen and oxygen atoms in total. The van der Waals surface area contributed by atoms with E-state index in [2.05, 4.69) is 10.3 Å². The first-order valence-corrected chi connectivity index (χ1v) is 8.29. The molecule has 2 aliphatic rings. The molecule has 0 atom stereocenters. The molecule has 124 valence electrons. The van der Waals surface area contributed by atoms with Gasteiger partial charge in [-0.2, -0.15) is 0 Å². The van der Waals surface area contributed by atoms with Gasteiger partial charge in [-0.25, -0.2) is 4.98 Å². The minimum Gasteiger partial charge on any atom is -0.494 e. The van der Waals surface area contributed by atoms with Crippen LogP contribution in [0.3, 0.4) is 0 Å². The Morgan fingerprint density at radius 3 is 2.75 bits per heavy atom. The molecule has 0 aliphatic carbocycles. The van der Waals surface area contributed by atoms with Crippen molar-refractivity contribution in [3.8, 4) is 22.8 Å². The number of benzene rings is 1. The highest BCUT2D eigenvalue weighted by atomic mass is 32.1. The van der Waals surface area contributed by atoms with E-state index < -0.39 is 0 Å². The maximum Gasteiger partial charge on any atom is 0.295 e. The average Bonchev–Trinajstić information content (AvgIpc) is 3.10. The third-order valence-corrected chi connectivity index (χ3v) is 4.19. The van der Waals surface area contributed by atoms with Crippen LogP contribution in [0.5, 0.6) is 11.5 Å². The van der Waals surface area contributed by atoms with Crippen molar-refractivity contribution in [2.24, 2.45) is 0 Å². The van der Waals surface area contributed by atoms with Crippen LogP contribution in [-0.2, 0) is 14.3 Å². The van der Waals surface area contributed by atoms with Crippen LogP contribution >= 0.6 is 11.3 Å². The summed E-state index contributed by atoms with van der Waals surface area (Å²) in [6.07, 6.45) is 1.31. The Morgan fingerprint density at radius 1 is 1.08 bits per heavy atom. The van der Waals surface area contributed by atoms with Crippen LogP contribution < -0.4 is 14.8 Å². The van der Waals surface area contributed by atoms with Gasteiger partial charge in [0.15, 0.2) is 16.6 Å². The fraction of sp³-hybridized carbons (Fsp3) is 0.250. The lowest BCUT2D eigenvalue weighted by Crippen LogP contribution is -2.21. The largest absolute Gasteiger partial charge is 0.494 e. The molecule has 1 aromatic heterocycles. The molecule has 1 N–H and O–H groups in total. The van der Waals surface area contributed by atoms with Crippen LogP contribution in [0.4, 0.5) is 5.13 Å². The van der Waals surface area contributed by atoms with Gasteiger partial charge in [-0.3, -0.25) is 10.1 Å². The van der Waals surface area contributed by atoms with Crippen molar-refractivity contribution in [3.05, 3.63) is 35.6 Å². The third kappa shape index (κ3) is 3.00. The maximum atomic E-state index is 12.1. The van der Waals surface area contributed by atoms with Gasteiger partial charge in [0.25, 0.3) is 5.91 Å². The lowest BCUT2D eigenvalue weighted by atomic mass is 10.1. The minimum absolute atomic E-state index is 0.150. The topological polar surface area (TPSA) is 78.9 Å². The summed E-state index contributed by atoms with van der Waals surface area (Å²) in [5.74, 6) is 1.21. The summed E-state index contributed by atoms with van der Waals surface area (Å²) < 4.78 is 21.4. The number of anilines is 1. The van der Waals surface area contributed by atoms with E-state index in [-0.39, 0.29) is 11.7 Å². The minimum atomic E-state index is -0.377. The number of thiazole rings is 1. The maximum absolute atomic E-state index is 12.1. The van der Waals surface area contributed by atoms with E-state index in [0.717, 1.165) is 17.0 Å². The standard InChI is InChI=1S/C16H14N2O5S/c19-15(14-8-20-3-4-23-14)18-16-17-11(9-24-16)10-1-2-12-13(7-10)22-6-5-21-12/h1-2,7-9H,3-6H2,(H,17,18,19). The number of ether oxygens (including phenoxy) is 4. The van der Waals surface area contributed by atoms with Crippen molar-refractivity contribution in [1.82, 2.24) is 4.98 Å². The van der Waals surface area contributed by atoms with Crippen molar-refractivity contribution in [2.75, 3.05) is 31.7 Å². The number of carbonyl (C=O) groups is 1. The van der Waals surface area contributed by atoms with Crippen LogP contribution in [0, 0.1) is 0 Å². The van der Waals surface area contributed by atoms with Gasteiger partial charge in [-0.15, -0.1) is 11.3 Å². The number of hydrogen-bond acceptors (Lipinski definition) is 7.